The highest BCUT2D eigenvalue weighted by Crippen LogP contribution is 2.28. The Kier molecular flexibility index (Phi) is 8.18. The Morgan fingerprint density at radius 2 is 1.73 bits per heavy atom. The van der Waals surface area contributed by atoms with E-state index in [-0.39, 0.29) is 10.6 Å². The number of nitrogens with one attached hydrogen (secondary N) is 1. The molecule has 0 atom stereocenters. The van der Waals surface area contributed by atoms with Crippen molar-refractivity contribution in [3.63, 3.8) is 0 Å². The van der Waals surface area contributed by atoms with Crippen LogP contribution in [0.2, 0.25) is 5.02 Å². The molecule has 0 radical (unpaired) electrons. The molecule has 0 aliphatic carbocycles. The summed E-state index contributed by atoms with van der Waals surface area (Å²) in [5.41, 5.74) is 5.23. The number of rotatable bonds is 8. The minimum Gasteiger partial charge on any atom is -0.271 e. The minimum absolute atomic E-state index is 0.0787. The Balaban J connectivity index is 1.84. The number of nitrogens with zero attached hydrogens (tertiary/aromatic N) is 2. The fourth-order valence-corrected chi connectivity index (χ4v) is 4.92. The lowest BCUT2D eigenvalue weighted by molar-refractivity contribution is -0.119. The molecule has 0 heterocycles. The summed E-state index contributed by atoms with van der Waals surface area (Å²) in [6, 6.07) is 19.0. The van der Waals surface area contributed by atoms with Crippen molar-refractivity contribution in [2.24, 2.45) is 5.10 Å². The number of thioether (sulfide) groups is 1. The van der Waals surface area contributed by atoms with E-state index in [9.17, 15) is 13.2 Å². The Hall–Kier alpha value is -2.81. The number of aryl methyl sites for hydroxylation is 2. The fourth-order valence-electron chi connectivity index (χ4n) is 2.92. The Labute approximate surface area is 203 Å². The largest absolute Gasteiger partial charge is 0.271 e. The van der Waals surface area contributed by atoms with Gasteiger partial charge in [-0.05, 0) is 67.6 Å². The molecule has 0 unspecified atom stereocenters. The standard InChI is InChI=1S/C24H24ClN3O3S2/c1-17-4-12-22(13-5-17)33(30,31)28(20-9-6-18(2)23(25)14-20)16-24(29)27-26-15-19-7-10-21(32-3)11-8-19/h4-15H,16H2,1-3H3,(H,27,29)/b26-15-. The molecular weight excluding hydrogens is 478 g/mol. The third kappa shape index (κ3) is 6.37. The average molecular weight is 502 g/mol. The monoisotopic (exact) mass is 501 g/mol. The summed E-state index contributed by atoms with van der Waals surface area (Å²) < 4.78 is 27.8. The highest BCUT2D eigenvalue weighted by atomic mass is 35.5. The number of halogens is 1. The minimum atomic E-state index is -4.02. The van der Waals surface area contributed by atoms with Crippen LogP contribution in [0.1, 0.15) is 16.7 Å². The van der Waals surface area contributed by atoms with Crippen molar-refractivity contribution in [2.75, 3.05) is 17.1 Å². The van der Waals surface area contributed by atoms with E-state index >= 15 is 0 Å². The van der Waals surface area contributed by atoms with Gasteiger partial charge in [0.25, 0.3) is 15.9 Å². The smallest absolute Gasteiger partial charge is 0.264 e. The first-order chi connectivity index (χ1) is 15.7. The molecule has 6 nitrogen and oxygen atoms in total. The van der Waals surface area contributed by atoms with E-state index in [4.69, 9.17) is 11.6 Å². The summed E-state index contributed by atoms with van der Waals surface area (Å²) in [5.74, 6) is -0.584. The maximum atomic E-state index is 13.4. The van der Waals surface area contributed by atoms with E-state index in [1.165, 1.54) is 24.4 Å². The number of amides is 1. The van der Waals surface area contributed by atoms with Crippen LogP contribution < -0.4 is 9.73 Å². The lowest BCUT2D eigenvalue weighted by Crippen LogP contribution is -2.39. The molecule has 0 spiro atoms. The quantitative estimate of drug-likeness (QED) is 0.267. The Morgan fingerprint density at radius 3 is 2.33 bits per heavy atom. The Bertz CT molecular complexity index is 1260. The van der Waals surface area contributed by atoms with Gasteiger partial charge in [-0.3, -0.25) is 9.10 Å². The summed E-state index contributed by atoms with van der Waals surface area (Å²) in [5, 5.41) is 4.37. The maximum absolute atomic E-state index is 13.4. The summed E-state index contributed by atoms with van der Waals surface area (Å²) in [6.45, 7) is 3.23. The molecule has 3 rings (SSSR count). The van der Waals surface area contributed by atoms with Gasteiger partial charge in [0, 0.05) is 9.92 Å². The van der Waals surface area contributed by atoms with Gasteiger partial charge in [0.2, 0.25) is 0 Å². The highest BCUT2D eigenvalue weighted by Gasteiger charge is 2.27. The van der Waals surface area contributed by atoms with E-state index in [2.05, 4.69) is 10.5 Å². The molecule has 0 aliphatic heterocycles. The molecule has 3 aromatic rings. The number of carbonyl (C=O) groups excluding carboxylic acids is 1. The van der Waals surface area contributed by atoms with Crippen molar-refractivity contribution in [3.8, 4) is 0 Å². The first-order valence-corrected chi connectivity index (χ1v) is 13.1. The lowest BCUT2D eigenvalue weighted by Gasteiger charge is -2.24. The maximum Gasteiger partial charge on any atom is 0.264 e. The van der Waals surface area contributed by atoms with E-state index < -0.39 is 22.5 Å². The van der Waals surface area contributed by atoms with Gasteiger partial charge in [0.1, 0.15) is 6.54 Å². The number of anilines is 1. The summed E-state index contributed by atoms with van der Waals surface area (Å²) in [7, 11) is -4.02. The van der Waals surface area contributed by atoms with Crippen molar-refractivity contribution in [1.29, 1.82) is 0 Å². The number of sulfonamides is 1. The first-order valence-electron chi connectivity index (χ1n) is 10.0. The third-order valence-electron chi connectivity index (χ3n) is 4.86. The molecular formula is C24H24ClN3O3S2. The third-order valence-corrected chi connectivity index (χ3v) is 7.80. The second-order valence-electron chi connectivity index (χ2n) is 7.32. The lowest BCUT2D eigenvalue weighted by atomic mass is 10.2. The van der Waals surface area contributed by atoms with Crippen molar-refractivity contribution >= 4 is 51.2 Å². The van der Waals surface area contributed by atoms with E-state index in [0.717, 1.165) is 25.9 Å². The van der Waals surface area contributed by atoms with Crippen LogP contribution in [0.5, 0.6) is 0 Å². The van der Waals surface area contributed by atoms with E-state index in [0.29, 0.717) is 5.02 Å². The van der Waals surface area contributed by atoms with Crippen molar-refractivity contribution < 1.29 is 13.2 Å². The van der Waals surface area contributed by atoms with E-state index in [1.54, 1.807) is 36.0 Å². The van der Waals surface area contributed by atoms with Crippen LogP contribution in [0.25, 0.3) is 0 Å². The van der Waals surface area contributed by atoms with Crippen LogP contribution in [0, 0.1) is 13.8 Å². The summed E-state index contributed by atoms with van der Waals surface area (Å²) in [6.07, 6.45) is 3.49. The van der Waals surface area contributed by atoms with Crippen molar-refractivity contribution in [2.45, 2.75) is 23.6 Å². The normalized spacial score (nSPS) is 11.5. The number of benzene rings is 3. The molecule has 0 fully saturated rings. The molecule has 1 N–H and O–H groups in total. The molecule has 0 saturated heterocycles. The van der Waals surface area contributed by atoms with Crippen LogP contribution in [0.4, 0.5) is 5.69 Å². The molecule has 0 aliphatic rings. The predicted molar refractivity (Wildman–Crippen MR) is 136 cm³/mol. The Morgan fingerprint density at radius 1 is 1.06 bits per heavy atom. The molecule has 3 aromatic carbocycles. The van der Waals surface area contributed by atoms with Gasteiger partial charge in [-0.2, -0.15) is 5.10 Å². The molecule has 0 saturated carbocycles. The van der Waals surface area contributed by atoms with Gasteiger partial charge in [0.05, 0.1) is 16.8 Å². The highest BCUT2D eigenvalue weighted by molar-refractivity contribution is 7.98. The van der Waals surface area contributed by atoms with Gasteiger partial charge < -0.3 is 0 Å². The number of hydrazone groups is 1. The van der Waals surface area contributed by atoms with E-state index in [1.807, 2.05) is 44.4 Å². The predicted octanol–water partition coefficient (Wildman–Crippen LogP) is 5.02. The molecule has 0 aromatic heterocycles. The van der Waals surface area contributed by atoms with Gasteiger partial charge in [-0.1, -0.05) is 47.5 Å². The first kappa shape index (κ1) is 24.8. The van der Waals surface area contributed by atoms with Gasteiger partial charge in [-0.15, -0.1) is 11.8 Å². The molecule has 9 heteroatoms. The molecule has 172 valence electrons. The number of hydrogen-bond donors (Lipinski definition) is 1. The molecule has 33 heavy (non-hydrogen) atoms. The SMILES string of the molecule is CSc1ccc(/C=N\NC(=O)CN(c2ccc(C)c(Cl)c2)S(=O)(=O)c2ccc(C)cc2)cc1. The summed E-state index contributed by atoms with van der Waals surface area (Å²) in [4.78, 5) is 13.8. The second kappa shape index (κ2) is 10.9. The average Bonchev–Trinajstić information content (AvgIpc) is 2.80. The number of hydrogen-bond acceptors (Lipinski definition) is 5. The fraction of sp³-hybridized carbons (Fsp3) is 0.167. The van der Waals surface area contributed by atoms with Gasteiger partial charge in [0.15, 0.2) is 0 Å². The van der Waals surface area contributed by atoms with Gasteiger partial charge in [-0.25, -0.2) is 13.8 Å². The van der Waals surface area contributed by atoms with Crippen LogP contribution in [-0.2, 0) is 14.8 Å². The summed E-state index contributed by atoms with van der Waals surface area (Å²) >= 11 is 7.87. The van der Waals surface area contributed by atoms with Crippen LogP contribution >= 0.6 is 23.4 Å². The van der Waals surface area contributed by atoms with Crippen LogP contribution in [0.3, 0.4) is 0 Å². The zero-order valence-electron chi connectivity index (χ0n) is 18.4. The zero-order chi connectivity index (χ0) is 24.0. The van der Waals surface area contributed by atoms with Crippen LogP contribution in [0.15, 0.2) is 81.6 Å². The van der Waals surface area contributed by atoms with Crippen molar-refractivity contribution in [3.05, 3.63) is 88.4 Å². The molecule has 0 bridgehead atoms. The number of carbonyl (C=O) groups is 1. The topological polar surface area (TPSA) is 78.8 Å². The van der Waals surface area contributed by atoms with Crippen LogP contribution in [-0.4, -0.2) is 33.3 Å². The zero-order valence-corrected chi connectivity index (χ0v) is 20.8. The van der Waals surface area contributed by atoms with Crippen molar-refractivity contribution in [1.82, 2.24) is 5.43 Å². The second-order valence-corrected chi connectivity index (χ2v) is 10.5. The molecule has 1 amide bonds. The van der Waals surface area contributed by atoms with Gasteiger partial charge >= 0.3 is 0 Å².